The molecule has 0 bridgehead atoms. The molecule has 1 unspecified atom stereocenters. The van der Waals surface area contributed by atoms with Gasteiger partial charge >= 0.3 is 4.87 Å². The van der Waals surface area contributed by atoms with Crippen LogP contribution in [0.5, 0.6) is 0 Å². The zero-order chi connectivity index (χ0) is 22.2. The second-order valence-corrected chi connectivity index (χ2v) is 10.7. The fraction of sp³-hybridized carbons (Fsp3) is 0.364. The fourth-order valence-corrected chi connectivity index (χ4v) is 6.44. The predicted molar refractivity (Wildman–Crippen MR) is 123 cm³/mol. The molecule has 4 rings (SSSR count). The Hall–Kier alpha value is -2.49. The lowest BCUT2D eigenvalue weighted by molar-refractivity contribution is -0.120. The number of thiazole rings is 1. The predicted octanol–water partition coefficient (Wildman–Crippen LogP) is 3.43. The van der Waals surface area contributed by atoms with Crippen molar-refractivity contribution in [3.05, 3.63) is 57.7 Å². The number of carbonyl (C=O) groups is 1. The maximum atomic E-state index is 13.0. The lowest BCUT2D eigenvalue weighted by Gasteiger charge is -2.31. The molecule has 0 saturated carbocycles. The van der Waals surface area contributed by atoms with Crippen molar-refractivity contribution in [3.8, 4) is 0 Å². The van der Waals surface area contributed by atoms with E-state index in [2.05, 4.69) is 5.32 Å². The van der Waals surface area contributed by atoms with Crippen molar-refractivity contribution in [1.29, 1.82) is 0 Å². The molecule has 0 spiro atoms. The molecule has 31 heavy (non-hydrogen) atoms. The molecule has 9 heteroatoms. The Morgan fingerprint density at radius 1 is 1.19 bits per heavy atom. The number of nitrogens with zero attached hydrogens (tertiary/aromatic N) is 2. The van der Waals surface area contributed by atoms with Crippen LogP contribution in [0.2, 0.25) is 0 Å². The molecule has 3 aromatic rings. The molecule has 1 amide bonds. The lowest BCUT2D eigenvalue weighted by Crippen LogP contribution is -2.43. The van der Waals surface area contributed by atoms with Crippen molar-refractivity contribution in [2.45, 2.75) is 38.1 Å². The SMILES string of the molecule is CCn1c(=O)sc2cc(NC(=O)C3CCCN(S(=O)(=O)c4ccc(C)cc4)C3)ccc21. The van der Waals surface area contributed by atoms with Crippen LogP contribution < -0.4 is 10.2 Å². The van der Waals surface area contributed by atoms with Crippen molar-refractivity contribution in [3.63, 3.8) is 0 Å². The van der Waals surface area contributed by atoms with Crippen LogP contribution in [0.1, 0.15) is 25.3 Å². The van der Waals surface area contributed by atoms with Gasteiger partial charge in [0.1, 0.15) is 0 Å². The van der Waals surface area contributed by atoms with E-state index in [4.69, 9.17) is 0 Å². The molecule has 2 aromatic carbocycles. The van der Waals surface area contributed by atoms with E-state index in [-0.39, 0.29) is 22.2 Å². The third-order valence-electron chi connectivity index (χ3n) is 5.67. The summed E-state index contributed by atoms with van der Waals surface area (Å²) in [5.41, 5.74) is 2.45. The van der Waals surface area contributed by atoms with Crippen LogP contribution in [0.15, 0.2) is 52.2 Å². The smallest absolute Gasteiger partial charge is 0.308 e. The molecule has 2 heterocycles. The maximum Gasteiger partial charge on any atom is 0.308 e. The van der Waals surface area contributed by atoms with Gasteiger partial charge in [-0.2, -0.15) is 4.31 Å². The first-order valence-electron chi connectivity index (χ1n) is 10.3. The number of benzene rings is 2. The third kappa shape index (κ3) is 4.30. The molecule has 1 N–H and O–H groups in total. The second kappa shape index (κ2) is 8.57. The van der Waals surface area contributed by atoms with Gasteiger partial charge in [0.05, 0.1) is 21.0 Å². The molecule has 1 saturated heterocycles. The first kappa shape index (κ1) is 21.7. The maximum absolute atomic E-state index is 13.0. The third-order valence-corrected chi connectivity index (χ3v) is 8.49. The van der Waals surface area contributed by atoms with Crippen LogP contribution in [-0.2, 0) is 21.4 Å². The Balaban J connectivity index is 1.49. The van der Waals surface area contributed by atoms with Gasteiger partial charge in [-0.15, -0.1) is 0 Å². The molecule has 164 valence electrons. The van der Waals surface area contributed by atoms with E-state index >= 15 is 0 Å². The highest BCUT2D eigenvalue weighted by Crippen LogP contribution is 2.26. The number of sulfonamides is 1. The van der Waals surface area contributed by atoms with E-state index in [0.29, 0.717) is 31.6 Å². The van der Waals surface area contributed by atoms with Crippen molar-refractivity contribution < 1.29 is 13.2 Å². The van der Waals surface area contributed by atoms with E-state index in [9.17, 15) is 18.0 Å². The number of hydrogen-bond donors (Lipinski definition) is 1. The number of aryl methyl sites for hydroxylation is 2. The van der Waals surface area contributed by atoms with Gasteiger partial charge in [0.15, 0.2) is 0 Å². The van der Waals surface area contributed by atoms with E-state index in [1.165, 1.54) is 4.31 Å². The number of nitrogens with one attached hydrogen (secondary N) is 1. The Morgan fingerprint density at radius 3 is 2.65 bits per heavy atom. The van der Waals surface area contributed by atoms with Gasteiger partial charge in [-0.25, -0.2) is 8.42 Å². The van der Waals surface area contributed by atoms with Gasteiger partial charge < -0.3 is 5.32 Å². The number of rotatable bonds is 5. The quantitative estimate of drug-likeness (QED) is 0.633. The first-order valence-corrected chi connectivity index (χ1v) is 12.6. The Morgan fingerprint density at radius 2 is 1.94 bits per heavy atom. The summed E-state index contributed by atoms with van der Waals surface area (Å²) in [7, 11) is -3.63. The Labute approximate surface area is 185 Å². The highest BCUT2D eigenvalue weighted by atomic mass is 32.2. The summed E-state index contributed by atoms with van der Waals surface area (Å²) in [6, 6.07) is 12.2. The van der Waals surface area contributed by atoms with Gasteiger partial charge in [0, 0.05) is 25.3 Å². The summed E-state index contributed by atoms with van der Waals surface area (Å²) >= 11 is 1.15. The minimum absolute atomic E-state index is 0.0230. The molecule has 0 aliphatic carbocycles. The van der Waals surface area contributed by atoms with Gasteiger partial charge in [0.2, 0.25) is 15.9 Å². The largest absolute Gasteiger partial charge is 0.326 e. The summed E-state index contributed by atoms with van der Waals surface area (Å²) in [4.78, 5) is 25.2. The standard InChI is InChI=1S/C22H25N3O4S2/c1-3-25-19-11-8-17(13-20(19)30-22(25)27)23-21(26)16-5-4-12-24(14-16)31(28,29)18-9-6-15(2)7-10-18/h6-11,13,16H,3-5,12,14H2,1-2H3,(H,23,26). The van der Waals surface area contributed by atoms with Crippen molar-refractivity contribution in [1.82, 2.24) is 8.87 Å². The molecule has 1 fully saturated rings. The topological polar surface area (TPSA) is 88.5 Å². The highest BCUT2D eigenvalue weighted by molar-refractivity contribution is 7.89. The number of aromatic nitrogens is 1. The number of piperidine rings is 1. The molecule has 1 aliphatic heterocycles. The average Bonchev–Trinajstić information content (AvgIpc) is 3.08. The highest BCUT2D eigenvalue weighted by Gasteiger charge is 2.33. The second-order valence-electron chi connectivity index (χ2n) is 7.80. The van der Waals surface area contributed by atoms with Gasteiger partial charge in [-0.05, 0) is 57.0 Å². The van der Waals surface area contributed by atoms with Crippen molar-refractivity contribution in [2.75, 3.05) is 18.4 Å². The van der Waals surface area contributed by atoms with Crippen LogP contribution in [-0.4, -0.2) is 36.3 Å². The molecule has 0 radical (unpaired) electrons. The van der Waals surface area contributed by atoms with Crippen LogP contribution >= 0.6 is 11.3 Å². The number of fused-ring (bicyclic) bond motifs is 1. The van der Waals surface area contributed by atoms with Crippen molar-refractivity contribution in [2.24, 2.45) is 5.92 Å². The van der Waals surface area contributed by atoms with Gasteiger partial charge in [0.25, 0.3) is 0 Å². The zero-order valence-corrected chi connectivity index (χ0v) is 19.1. The summed E-state index contributed by atoms with van der Waals surface area (Å²) in [5, 5.41) is 2.90. The number of anilines is 1. The molecular formula is C22H25N3O4S2. The zero-order valence-electron chi connectivity index (χ0n) is 17.5. The molecule has 1 aliphatic rings. The molecule has 1 aromatic heterocycles. The Kier molecular flexibility index (Phi) is 6.00. The van der Waals surface area contributed by atoms with E-state index in [0.717, 1.165) is 27.1 Å². The molecule has 1 atom stereocenters. The summed E-state index contributed by atoms with van der Waals surface area (Å²) in [6.07, 6.45) is 1.26. The minimum Gasteiger partial charge on any atom is -0.326 e. The fourth-order valence-electron chi connectivity index (χ4n) is 3.92. The van der Waals surface area contributed by atoms with Crippen LogP contribution in [0.3, 0.4) is 0 Å². The number of amides is 1. The summed E-state index contributed by atoms with van der Waals surface area (Å²) in [6.45, 7) is 4.99. The van der Waals surface area contributed by atoms with E-state index in [1.807, 2.05) is 19.9 Å². The number of carbonyl (C=O) groups excluding carboxylic acids is 1. The van der Waals surface area contributed by atoms with E-state index < -0.39 is 15.9 Å². The van der Waals surface area contributed by atoms with Crippen LogP contribution in [0.25, 0.3) is 10.2 Å². The summed E-state index contributed by atoms with van der Waals surface area (Å²) in [5.74, 6) is -0.630. The van der Waals surface area contributed by atoms with Crippen molar-refractivity contribution >= 4 is 43.2 Å². The van der Waals surface area contributed by atoms with Crippen LogP contribution in [0, 0.1) is 12.8 Å². The Bertz CT molecular complexity index is 1280. The minimum atomic E-state index is -3.63. The molecular weight excluding hydrogens is 434 g/mol. The average molecular weight is 460 g/mol. The normalized spacial score (nSPS) is 17.7. The molecule has 7 nitrogen and oxygen atoms in total. The monoisotopic (exact) mass is 459 g/mol. The van der Waals surface area contributed by atoms with Crippen LogP contribution in [0.4, 0.5) is 5.69 Å². The number of hydrogen-bond acceptors (Lipinski definition) is 5. The van der Waals surface area contributed by atoms with Gasteiger partial charge in [-0.1, -0.05) is 29.0 Å². The lowest BCUT2D eigenvalue weighted by atomic mass is 9.98. The van der Waals surface area contributed by atoms with Gasteiger partial charge in [-0.3, -0.25) is 14.2 Å². The van der Waals surface area contributed by atoms with E-state index in [1.54, 1.807) is 41.0 Å². The summed E-state index contributed by atoms with van der Waals surface area (Å²) < 4.78 is 29.9. The first-order chi connectivity index (χ1) is 14.8.